The second kappa shape index (κ2) is 3.95. The number of ketones is 2. The Bertz CT molecular complexity index is 302. The highest BCUT2D eigenvalue weighted by Gasteiger charge is 2.31. The van der Waals surface area contributed by atoms with E-state index >= 15 is 0 Å². The van der Waals surface area contributed by atoms with E-state index in [9.17, 15) is 9.59 Å². The van der Waals surface area contributed by atoms with Crippen LogP contribution in [0.15, 0.2) is 11.3 Å². The Labute approximate surface area is 84.1 Å². The molecule has 1 rings (SSSR count). The molecule has 78 valence electrons. The van der Waals surface area contributed by atoms with E-state index in [-0.39, 0.29) is 30.0 Å². The van der Waals surface area contributed by atoms with Crippen LogP contribution in [0.4, 0.5) is 0 Å². The van der Waals surface area contributed by atoms with Crippen molar-refractivity contribution in [3.05, 3.63) is 11.3 Å². The van der Waals surface area contributed by atoms with Gasteiger partial charge in [-0.25, -0.2) is 0 Å². The van der Waals surface area contributed by atoms with Crippen molar-refractivity contribution in [3.8, 4) is 0 Å². The zero-order valence-corrected chi connectivity index (χ0v) is 9.09. The number of hydrogen-bond donors (Lipinski definition) is 0. The van der Waals surface area contributed by atoms with Gasteiger partial charge in [0.05, 0.1) is 12.3 Å². The van der Waals surface area contributed by atoms with E-state index in [1.54, 1.807) is 6.92 Å². The van der Waals surface area contributed by atoms with Crippen molar-refractivity contribution in [2.45, 2.75) is 40.2 Å². The molecule has 1 aliphatic rings. The first-order valence-electron chi connectivity index (χ1n) is 4.83. The van der Waals surface area contributed by atoms with Gasteiger partial charge in [0, 0.05) is 5.57 Å². The van der Waals surface area contributed by atoms with Gasteiger partial charge in [0.2, 0.25) is 0 Å². The molecule has 1 aliphatic heterocycles. The molecule has 0 radical (unpaired) electrons. The molecule has 2 atom stereocenters. The van der Waals surface area contributed by atoms with Gasteiger partial charge in [-0.05, 0) is 20.8 Å². The first kappa shape index (κ1) is 11.0. The molecule has 0 aromatic carbocycles. The van der Waals surface area contributed by atoms with Gasteiger partial charge in [-0.3, -0.25) is 9.59 Å². The maximum absolute atomic E-state index is 11.7. The molecule has 0 saturated carbocycles. The minimum absolute atomic E-state index is 0.0221. The first-order valence-corrected chi connectivity index (χ1v) is 4.83. The fourth-order valence-electron chi connectivity index (χ4n) is 1.51. The standard InChI is InChI=1S/C11H16O3/c1-6(12)5-10-8(3)11(13)7(2)9(4)14-10/h7,9H,5H2,1-4H3. The van der Waals surface area contributed by atoms with Gasteiger partial charge in [-0.1, -0.05) is 6.92 Å². The average molecular weight is 196 g/mol. The smallest absolute Gasteiger partial charge is 0.168 e. The Hall–Kier alpha value is -1.12. The van der Waals surface area contributed by atoms with Crippen LogP contribution in [0.2, 0.25) is 0 Å². The third kappa shape index (κ3) is 2.03. The molecular formula is C11H16O3. The van der Waals surface area contributed by atoms with E-state index in [0.717, 1.165) is 0 Å². The lowest BCUT2D eigenvalue weighted by Gasteiger charge is -2.28. The number of carbonyl (C=O) groups is 2. The molecule has 0 bridgehead atoms. The number of ether oxygens (including phenoxy) is 1. The van der Waals surface area contributed by atoms with Crippen molar-refractivity contribution in [1.82, 2.24) is 0 Å². The van der Waals surface area contributed by atoms with Gasteiger partial charge in [0.15, 0.2) is 5.78 Å². The SMILES string of the molecule is CC(=O)CC1=C(C)C(=O)C(C)C(C)O1. The molecule has 0 fully saturated rings. The Morgan fingerprint density at radius 3 is 2.50 bits per heavy atom. The predicted octanol–water partition coefficient (Wildman–Crippen LogP) is 1.86. The Balaban J connectivity index is 2.93. The fourth-order valence-corrected chi connectivity index (χ4v) is 1.51. The molecule has 0 amide bonds. The van der Waals surface area contributed by atoms with Gasteiger partial charge in [0.25, 0.3) is 0 Å². The van der Waals surface area contributed by atoms with E-state index in [4.69, 9.17) is 4.74 Å². The van der Waals surface area contributed by atoms with Crippen LogP contribution in [0.1, 0.15) is 34.1 Å². The molecule has 0 aromatic rings. The van der Waals surface area contributed by atoms with Crippen molar-refractivity contribution in [2.24, 2.45) is 5.92 Å². The number of rotatable bonds is 2. The number of Topliss-reactive ketones (excluding diaryl/α,β-unsaturated/α-hetero) is 2. The zero-order chi connectivity index (χ0) is 10.9. The van der Waals surface area contributed by atoms with Crippen LogP contribution >= 0.6 is 0 Å². The van der Waals surface area contributed by atoms with Gasteiger partial charge < -0.3 is 4.74 Å². The highest BCUT2D eigenvalue weighted by molar-refractivity contribution is 5.98. The lowest BCUT2D eigenvalue weighted by Crippen LogP contribution is -2.32. The van der Waals surface area contributed by atoms with Crippen LogP contribution in [-0.2, 0) is 14.3 Å². The summed E-state index contributed by atoms with van der Waals surface area (Å²) >= 11 is 0. The minimum Gasteiger partial charge on any atom is -0.493 e. The Morgan fingerprint density at radius 2 is 2.00 bits per heavy atom. The molecule has 0 N–H and O–H groups in total. The molecule has 0 spiro atoms. The van der Waals surface area contributed by atoms with Gasteiger partial charge in [-0.2, -0.15) is 0 Å². The molecular weight excluding hydrogens is 180 g/mol. The van der Waals surface area contributed by atoms with Crippen molar-refractivity contribution < 1.29 is 14.3 Å². The van der Waals surface area contributed by atoms with Crippen LogP contribution in [0.25, 0.3) is 0 Å². The third-order valence-electron chi connectivity index (χ3n) is 2.64. The summed E-state index contributed by atoms with van der Waals surface area (Å²) in [5, 5.41) is 0. The highest BCUT2D eigenvalue weighted by atomic mass is 16.5. The molecule has 0 aromatic heterocycles. The van der Waals surface area contributed by atoms with Crippen LogP contribution in [-0.4, -0.2) is 17.7 Å². The summed E-state index contributed by atoms with van der Waals surface area (Å²) in [6.45, 7) is 6.93. The lowest BCUT2D eigenvalue weighted by atomic mass is 9.91. The fraction of sp³-hybridized carbons (Fsp3) is 0.636. The second-order valence-electron chi connectivity index (χ2n) is 3.90. The highest BCUT2D eigenvalue weighted by Crippen LogP contribution is 2.26. The average Bonchev–Trinajstić information content (AvgIpc) is 2.10. The van der Waals surface area contributed by atoms with Crippen LogP contribution < -0.4 is 0 Å². The molecule has 1 heterocycles. The number of carbonyl (C=O) groups excluding carboxylic acids is 2. The molecule has 3 nitrogen and oxygen atoms in total. The van der Waals surface area contributed by atoms with Crippen molar-refractivity contribution >= 4 is 11.6 Å². The largest absolute Gasteiger partial charge is 0.493 e. The molecule has 14 heavy (non-hydrogen) atoms. The summed E-state index contributed by atoms with van der Waals surface area (Å²) in [7, 11) is 0. The van der Waals surface area contributed by atoms with E-state index < -0.39 is 0 Å². The summed E-state index contributed by atoms with van der Waals surface area (Å²) in [6.07, 6.45) is 0.106. The minimum atomic E-state index is -0.124. The van der Waals surface area contributed by atoms with E-state index in [2.05, 4.69) is 0 Å². The maximum Gasteiger partial charge on any atom is 0.168 e. The van der Waals surface area contributed by atoms with Gasteiger partial charge in [-0.15, -0.1) is 0 Å². The molecule has 0 saturated heterocycles. The normalized spacial score (nSPS) is 27.6. The molecule has 3 heteroatoms. The van der Waals surface area contributed by atoms with E-state index in [1.165, 1.54) is 6.92 Å². The number of hydrogen-bond acceptors (Lipinski definition) is 3. The van der Waals surface area contributed by atoms with Crippen molar-refractivity contribution in [2.75, 3.05) is 0 Å². The summed E-state index contributed by atoms with van der Waals surface area (Å²) in [5.41, 5.74) is 0.603. The summed E-state index contributed by atoms with van der Waals surface area (Å²) in [6, 6.07) is 0. The van der Waals surface area contributed by atoms with Crippen molar-refractivity contribution in [3.63, 3.8) is 0 Å². The number of allylic oxidation sites excluding steroid dienone is 2. The summed E-state index contributed by atoms with van der Waals surface area (Å²) in [4.78, 5) is 22.6. The molecule has 0 aliphatic carbocycles. The quantitative estimate of drug-likeness (QED) is 0.677. The van der Waals surface area contributed by atoms with Gasteiger partial charge in [0.1, 0.15) is 17.6 Å². The third-order valence-corrected chi connectivity index (χ3v) is 2.64. The monoisotopic (exact) mass is 196 g/mol. The summed E-state index contributed by atoms with van der Waals surface area (Å²) < 4.78 is 5.53. The second-order valence-corrected chi connectivity index (χ2v) is 3.90. The Morgan fingerprint density at radius 1 is 1.43 bits per heavy atom. The summed E-state index contributed by atoms with van der Waals surface area (Å²) in [5.74, 6) is 0.563. The van der Waals surface area contributed by atoms with Crippen molar-refractivity contribution in [1.29, 1.82) is 0 Å². The molecule has 2 unspecified atom stereocenters. The first-order chi connectivity index (χ1) is 6.43. The maximum atomic E-state index is 11.7. The predicted molar refractivity (Wildman–Crippen MR) is 52.7 cm³/mol. The lowest BCUT2D eigenvalue weighted by molar-refractivity contribution is -0.125. The van der Waals surface area contributed by atoms with Crippen LogP contribution in [0.3, 0.4) is 0 Å². The van der Waals surface area contributed by atoms with E-state index in [0.29, 0.717) is 11.3 Å². The van der Waals surface area contributed by atoms with Crippen LogP contribution in [0, 0.1) is 5.92 Å². The van der Waals surface area contributed by atoms with E-state index in [1.807, 2.05) is 13.8 Å². The topological polar surface area (TPSA) is 43.4 Å². The van der Waals surface area contributed by atoms with Gasteiger partial charge >= 0.3 is 0 Å². The zero-order valence-electron chi connectivity index (χ0n) is 9.09. The Kier molecular flexibility index (Phi) is 3.09. The van der Waals surface area contributed by atoms with Crippen LogP contribution in [0.5, 0.6) is 0 Å².